The van der Waals surface area contributed by atoms with Crippen molar-refractivity contribution in [3.63, 3.8) is 0 Å². The van der Waals surface area contributed by atoms with Crippen LogP contribution >= 0.6 is 35.2 Å². The highest BCUT2D eigenvalue weighted by Gasteiger charge is 2.16. The number of carbonyl (C=O) groups excluding carboxylic acids is 1. The van der Waals surface area contributed by atoms with Gasteiger partial charge in [0, 0.05) is 29.8 Å². The second-order valence-electron chi connectivity index (χ2n) is 4.63. The summed E-state index contributed by atoms with van der Waals surface area (Å²) in [5, 5.41) is 4.67. The molecule has 0 spiro atoms. The van der Waals surface area contributed by atoms with Gasteiger partial charge in [-0.1, -0.05) is 29.8 Å². The van der Waals surface area contributed by atoms with Gasteiger partial charge in [-0.3, -0.25) is 15.6 Å². The number of hydrogen-bond acceptors (Lipinski definition) is 4. The van der Waals surface area contributed by atoms with Crippen molar-refractivity contribution in [2.45, 2.75) is 13.3 Å². The molecule has 0 unspecified atom stereocenters. The van der Waals surface area contributed by atoms with E-state index in [0.29, 0.717) is 34.8 Å². The van der Waals surface area contributed by atoms with Crippen LogP contribution in [0.2, 0.25) is 5.02 Å². The van der Waals surface area contributed by atoms with E-state index in [1.807, 2.05) is 31.2 Å². The van der Waals surface area contributed by atoms with Crippen LogP contribution in [-0.2, 0) is 4.74 Å². The van der Waals surface area contributed by atoms with Crippen LogP contribution in [0.15, 0.2) is 24.3 Å². The second-order valence-corrected chi connectivity index (χ2v) is 6.47. The van der Waals surface area contributed by atoms with Crippen molar-refractivity contribution in [3.05, 3.63) is 34.2 Å². The topological polar surface area (TPSA) is 62.4 Å². The molecule has 0 saturated carbocycles. The molecule has 0 aliphatic heterocycles. The molecular formula is C15H18ClN3O2S2. The molecule has 0 fully saturated rings. The van der Waals surface area contributed by atoms with Crippen LogP contribution in [0.4, 0.5) is 0 Å². The van der Waals surface area contributed by atoms with Gasteiger partial charge in [0.25, 0.3) is 5.91 Å². The maximum absolute atomic E-state index is 12.2. The Hall–Kier alpha value is -1.41. The van der Waals surface area contributed by atoms with Gasteiger partial charge < -0.3 is 10.1 Å². The van der Waals surface area contributed by atoms with Crippen molar-refractivity contribution in [1.29, 1.82) is 0 Å². The first kappa shape index (κ1) is 17.9. The summed E-state index contributed by atoms with van der Waals surface area (Å²) >= 11 is 12.7. The molecule has 0 radical (unpaired) electrons. The van der Waals surface area contributed by atoms with E-state index in [4.69, 9.17) is 28.6 Å². The van der Waals surface area contributed by atoms with Gasteiger partial charge in [0.15, 0.2) is 5.11 Å². The molecular weight excluding hydrogens is 354 g/mol. The number of hydrazine groups is 1. The molecule has 5 nitrogen and oxygen atoms in total. The Morgan fingerprint density at radius 3 is 2.87 bits per heavy atom. The fraction of sp³-hybridized carbons (Fsp3) is 0.333. The lowest BCUT2D eigenvalue weighted by atomic mass is 10.2. The lowest BCUT2D eigenvalue weighted by Crippen LogP contribution is -2.46. The highest BCUT2D eigenvalue weighted by Crippen LogP contribution is 2.34. The quantitative estimate of drug-likeness (QED) is 0.414. The third-order valence-electron chi connectivity index (χ3n) is 2.99. The van der Waals surface area contributed by atoms with Crippen molar-refractivity contribution in [2.75, 3.05) is 19.8 Å². The molecule has 2 aromatic rings. The minimum atomic E-state index is -0.310. The molecule has 8 heteroatoms. The van der Waals surface area contributed by atoms with E-state index in [9.17, 15) is 4.79 Å². The number of thiophene rings is 1. The van der Waals surface area contributed by atoms with Crippen molar-refractivity contribution >= 4 is 56.3 Å². The van der Waals surface area contributed by atoms with Gasteiger partial charge in [-0.05, 0) is 31.6 Å². The molecule has 0 aliphatic carbocycles. The SMILES string of the molecule is CCOCCCNC(=S)NNC(=O)c1sc2ccccc2c1Cl. The largest absolute Gasteiger partial charge is 0.382 e. The van der Waals surface area contributed by atoms with Gasteiger partial charge >= 0.3 is 0 Å². The monoisotopic (exact) mass is 371 g/mol. The van der Waals surface area contributed by atoms with Gasteiger partial charge in [-0.15, -0.1) is 11.3 Å². The van der Waals surface area contributed by atoms with Gasteiger partial charge in [-0.2, -0.15) is 0 Å². The minimum absolute atomic E-state index is 0.310. The van der Waals surface area contributed by atoms with Gasteiger partial charge in [0.1, 0.15) is 4.88 Å². The number of fused-ring (bicyclic) bond motifs is 1. The highest BCUT2D eigenvalue weighted by molar-refractivity contribution is 7.80. The van der Waals surface area contributed by atoms with E-state index in [0.717, 1.165) is 16.5 Å². The average molecular weight is 372 g/mol. The number of rotatable bonds is 6. The third kappa shape index (κ3) is 5.04. The summed E-state index contributed by atoms with van der Waals surface area (Å²) < 4.78 is 6.20. The summed E-state index contributed by atoms with van der Waals surface area (Å²) in [5.74, 6) is -0.310. The zero-order chi connectivity index (χ0) is 16.7. The predicted molar refractivity (Wildman–Crippen MR) is 99.1 cm³/mol. The Balaban J connectivity index is 1.82. The average Bonchev–Trinajstić information content (AvgIpc) is 2.90. The first-order valence-corrected chi connectivity index (χ1v) is 8.82. The lowest BCUT2D eigenvalue weighted by molar-refractivity contribution is 0.0948. The number of thiocarbonyl (C=S) groups is 1. The molecule has 1 aromatic carbocycles. The number of halogens is 1. The Labute approximate surface area is 149 Å². The number of benzene rings is 1. The summed E-state index contributed by atoms with van der Waals surface area (Å²) in [7, 11) is 0. The molecule has 3 N–H and O–H groups in total. The molecule has 1 heterocycles. The van der Waals surface area contributed by atoms with E-state index in [-0.39, 0.29) is 5.91 Å². The zero-order valence-electron chi connectivity index (χ0n) is 12.6. The van der Waals surface area contributed by atoms with E-state index in [1.54, 1.807) is 0 Å². The number of nitrogens with one attached hydrogen (secondary N) is 3. The maximum atomic E-state index is 12.2. The Morgan fingerprint density at radius 2 is 2.13 bits per heavy atom. The number of hydrogen-bond donors (Lipinski definition) is 3. The van der Waals surface area contributed by atoms with Crippen LogP contribution in [-0.4, -0.2) is 30.8 Å². The molecule has 0 aliphatic rings. The third-order valence-corrected chi connectivity index (χ3v) is 4.91. The molecule has 0 saturated heterocycles. The van der Waals surface area contributed by atoms with Crippen LogP contribution in [0.3, 0.4) is 0 Å². The van der Waals surface area contributed by atoms with Crippen LogP contribution in [0.1, 0.15) is 23.0 Å². The van der Waals surface area contributed by atoms with E-state index < -0.39 is 0 Å². The number of ether oxygens (including phenoxy) is 1. The summed E-state index contributed by atoms with van der Waals surface area (Å²) in [6.45, 7) is 4.00. The number of amides is 1. The van der Waals surface area contributed by atoms with Gasteiger partial charge in [0.2, 0.25) is 0 Å². The molecule has 1 aromatic heterocycles. The number of carbonyl (C=O) groups is 1. The summed E-state index contributed by atoms with van der Waals surface area (Å²) in [6, 6.07) is 7.63. The van der Waals surface area contributed by atoms with Crippen LogP contribution in [0.5, 0.6) is 0 Å². The molecule has 0 bridgehead atoms. The van der Waals surface area contributed by atoms with E-state index >= 15 is 0 Å². The molecule has 0 atom stereocenters. The fourth-order valence-corrected chi connectivity index (χ4v) is 3.46. The fourth-order valence-electron chi connectivity index (χ4n) is 1.90. The smallest absolute Gasteiger partial charge is 0.281 e. The van der Waals surface area contributed by atoms with E-state index in [2.05, 4.69) is 16.2 Å². The molecule has 2 rings (SSSR count). The van der Waals surface area contributed by atoms with Crippen molar-refractivity contribution in [1.82, 2.24) is 16.2 Å². The summed E-state index contributed by atoms with van der Waals surface area (Å²) in [5.41, 5.74) is 5.23. The summed E-state index contributed by atoms with van der Waals surface area (Å²) in [6.07, 6.45) is 0.839. The van der Waals surface area contributed by atoms with Crippen molar-refractivity contribution < 1.29 is 9.53 Å². The van der Waals surface area contributed by atoms with Crippen molar-refractivity contribution in [3.8, 4) is 0 Å². The second kappa shape index (κ2) is 9.02. The molecule has 1 amide bonds. The van der Waals surface area contributed by atoms with Gasteiger partial charge in [0.05, 0.1) is 5.02 Å². The standard InChI is InChI=1S/C15H18ClN3O2S2/c1-2-21-9-5-8-17-15(22)19-18-14(20)13-12(16)10-6-3-4-7-11(10)23-13/h3-4,6-7H,2,5,8-9H2,1H3,(H,18,20)(H2,17,19,22). The zero-order valence-corrected chi connectivity index (χ0v) is 15.0. The maximum Gasteiger partial charge on any atom is 0.281 e. The first-order chi connectivity index (χ1) is 11.1. The molecule has 23 heavy (non-hydrogen) atoms. The Bertz CT molecular complexity index is 690. The summed E-state index contributed by atoms with van der Waals surface area (Å²) in [4.78, 5) is 12.7. The van der Waals surface area contributed by atoms with Crippen LogP contribution < -0.4 is 16.2 Å². The minimum Gasteiger partial charge on any atom is -0.382 e. The Kier molecular flexibility index (Phi) is 7.04. The predicted octanol–water partition coefficient (Wildman–Crippen LogP) is 3.09. The first-order valence-electron chi connectivity index (χ1n) is 7.22. The van der Waals surface area contributed by atoms with Crippen LogP contribution in [0, 0.1) is 0 Å². The van der Waals surface area contributed by atoms with Gasteiger partial charge in [-0.25, -0.2) is 0 Å². The highest BCUT2D eigenvalue weighted by atomic mass is 35.5. The van der Waals surface area contributed by atoms with E-state index in [1.165, 1.54) is 11.3 Å². The molecule has 124 valence electrons. The Morgan fingerprint density at radius 1 is 1.35 bits per heavy atom. The van der Waals surface area contributed by atoms with Crippen molar-refractivity contribution in [2.24, 2.45) is 0 Å². The lowest BCUT2D eigenvalue weighted by Gasteiger charge is -2.11. The normalized spacial score (nSPS) is 10.5. The van der Waals surface area contributed by atoms with Crippen LogP contribution in [0.25, 0.3) is 10.1 Å².